The van der Waals surface area contributed by atoms with E-state index < -0.39 is 0 Å². The van der Waals surface area contributed by atoms with Crippen molar-refractivity contribution in [3.63, 3.8) is 0 Å². The lowest BCUT2D eigenvalue weighted by Crippen LogP contribution is -2.27. The van der Waals surface area contributed by atoms with Gasteiger partial charge in [0.2, 0.25) is 0 Å². The van der Waals surface area contributed by atoms with Crippen LogP contribution in [0.4, 0.5) is 0 Å². The van der Waals surface area contributed by atoms with Crippen LogP contribution in [0.15, 0.2) is 32.2 Å². The zero-order chi connectivity index (χ0) is 15.2. The fourth-order valence-electron chi connectivity index (χ4n) is 2.27. The molecule has 1 atom stereocenters. The zero-order valence-electron chi connectivity index (χ0n) is 11.9. The van der Waals surface area contributed by atoms with Crippen molar-refractivity contribution >= 4 is 43.5 Å². The van der Waals surface area contributed by atoms with Crippen LogP contribution >= 0.6 is 31.9 Å². The lowest BCUT2D eigenvalue weighted by Gasteiger charge is -2.18. The molecule has 21 heavy (non-hydrogen) atoms. The van der Waals surface area contributed by atoms with Crippen LogP contribution in [0.3, 0.4) is 0 Å². The molecule has 1 aromatic rings. The number of amides is 1. The summed E-state index contributed by atoms with van der Waals surface area (Å²) in [7, 11) is 0. The van der Waals surface area contributed by atoms with Crippen LogP contribution in [0.5, 0.6) is 5.75 Å². The van der Waals surface area contributed by atoms with Crippen LogP contribution in [0.25, 0.3) is 0 Å². The lowest BCUT2D eigenvalue weighted by molar-refractivity contribution is -0.123. The van der Waals surface area contributed by atoms with Crippen molar-refractivity contribution in [3.8, 4) is 5.75 Å². The van der Waals surface area contributed by atoms with Gasteiger partial charge in [0.05, 0.1) is 4.47 Å². The topological polar surface area (TPSA) is 50.7 Å². The average molecular weight is 418 g/mol. The molecule has 1 aromatic carbocycles. The number of nitrogens with one attached hydrogen (secondary N) is 1. The SMILES string of the molecule is CC1CCC/C(=N\NC(=O)COc2ccc(Br)cc2Br)C1. The Kier molecular flexibility index (Phi) is 6.23. The van der Waals surface area contributed by atoms with E-state index in [1.807, 2.05) is 12.1 Å². The number of benzene rings is 1. The van der Waals surface area contributed by atoms with Gasteiger partial charge in [-0.3, -0.25) is 4.79 Å². The summed E-state index contributed by atoms with van der Waals surface area (Å²) < 4.78 is 7.22. The van der Waals surface area contributed by atoms with Crippen LogP contribution < -0.4 is 10.2 Å². The number of rotatable bonds is 4. The predicted molar refractivity (Wildman–Crippen MR) is 90.5 cm³/mol. The maximum Gasteiger partial charge on any atom is 0.277 e. The van der Waals surface area contributed by atoms with Crippen molar-refractivity contribution in [2.75, 3.05) is 6.61 Å². The van der Waals surface area contributed by atoms with Crippen LogP contribution in [-0.2, 0) is 4.79 Å². The third-order valence-corrected chi connectivity index (χ3v) is 4.45. The molecule has 114 valence electrons. The molecule has 0 aliphatic heterocycles. The second-order valence-electron chi connectivity index (χ2n) is 5.28. The molecule has 0 radical (unpaired) electrons. The average Bonchev–Trinajstić information content (AvgIpc) is 2.44. The summed E-state index contributed by atoms with van der Waals surface area (Å²) in [4.78, 5) is 11.8. The Hall–Kier alpha value is -0.880. The van der Waals surface area contributed by atoms with Gasteiger partial charge < -0.3 is 4.74 Å². The van der Waals surface area contributed by atoms with Crippen LogP contribution in [0.1, 0.15) is 32.6 Å². The molecule has 1 aliphatic rings. The number of carbonyl (C=O) groups excluding carboxylic acids is 1. The van der Waals surface area contributed by atoms with E-state index >= 15 is 0 Å². The smallest absolute Gasteiger partial charge is 0.277 e. The summed E-state index contributed by atoms with van der Waals surface area (Å²) in [6.07, 6.45) is 4.34. The van der Waals surface area contributed by atoms with Crippen molar-refractivity contribution < 1.29 is 9.53 Å². The summed E-state index contributed by atoms with van der Waals surface area (Å²) in [6, 6.07) is 5.54. The minimum Gasteiger partial charge on any atom is -0.483 e. The highest BCUT2D eigenvalue weighted by Gasteiger charge is 2.14. The van der Waals surface area contributed by atoms with E-state index in [9.17, 15) is 4.79 Å². The fraction of sp³-hybridized carbons (Fsp3) is 0.467. The predicted octanol–water partition coefficient (Wildman–Crippen LogP) is 4.27. The Morgan fingerprint density at radius 1 is 1.48 bits per heavy atom. The molecule has 1 aliphatic carbocycles. The number of carbonyl (C=O) groups is 1. The Morgan fingerprint density at radius 2 is 2.29 bits per heavy atom. The molecule has 1 unspecified atom stereocenters. The second kappa shape index (κ2) is 7.94. The Balaban J connectivity index is 1.80. The maximum absolute atomic E-state index is 11.8. The van der Waals surface area contributed by atoms with Gasteiger partial charge in [0.1, 0.15) is 5.75 Å². The number of nitrogens with zero attached hydrogens (tertiary/aromatic N) is 1. The minimum atomic E-state index is -0.240. The van der Waals surface area contributed by atoms with E-state index in [4.69, 9.17) is 4.74 Å². The zero-order valence-corrected chi connectivity index (χ0v) is 15.0. The van der Waals surface area contributed by atoms with Crippen LogP contribution in [0, 0.1) is 5.92 Å². The van der Waals surface area contributed by atoms with E-state index in [0.29, 0.717) is 11.7 Å². The van der Waals surface area contributed by atoms with E-state index in [1.54, 1.807) is 6.07 Å². The van der Waals surface area contributed by atoms with Crippen LogP contribution in [-0.4, -0.2) is 18.2 Å². The summed E-state index contributed by atoms with van der Waals surface area (Å²) in [6.45, 7) is 2.16. The highest BCUT2D eigenvalue weighted by atomic mass is 79.9. The van der Waals surface area contributed by atoms with Crippen molar-refractivity contribution in [2.24, 2.45) is 11.0 Å². The van der Waals surface area contributed by atoms with Gasteiger partial charge in [0, 0.05) is 10.2 Å². The monoisotopic (exact) mass is 416 g/mol. The molecule has 4 nitrogen and oxygen atoms in total. The van der Waals surface area contributed by atoms with E-state index in [2.05, 4.69) is 49.3 Å². The first-order valence-electron chi connectivity index (χ1n) is 6.96. The molecule has 6 heteroatoms. The molecule has 1 fully saturated rings. The van der Waals surface area contributed by atoms with Gasteiger partial charge in [0.15, 0.2) is 6.61 Å². The van der Waals surface area contributed by atoms with Crippen molar-refractivity contribution in [2.45, 2.75) is 32.6 Å². The van der Waals surface area contributed by atoms with Gasteiger partial charge in [-0.05, 0) is 65.7 Å². The Labute approximate surface area is 141 Å². The molecule has 0 spiro atoms. The quantitative estimate of drug-likeness (QED) is 0.743. The van der Waals surface area contributed by atoms with Crippen molar-refractivity contribution in [3.05, 3.63) is 27.1 Å². The minimum absolute atomic E-state index is 0.0490. The van der Waals surface area contributed by atoms with E-state index in [0.717, 1.165) is 33.9 Å². The van der Waals surface area contributed by atoms with Crippen molar-refractivity contribution in [1.82, 2.24) is 5.43 Å². The Bertz CT molecular complexity index is 546. The standard InChI is InChI=1S/C15H18Br2N2O2/c1-10-3-2-4-12(7-10)18-19-15(20)9-21-14-6-5-11(16)8-13(14)17/h5-6,8,10H,2-4,7,9H2,1H3,(H,19,20)/b18-12+. The van der Waals surface area contributed by atoms with Crippen LogP contribution in [0.2, 0.25) is 0 Å². The van der Waals surface area contributed by atoms with Gasteiger partial charge in [-0.15, -0.1) is 0 Å². The number of halogens is 2. The van der Waals surface area contributed by atoms with Gasteiger partial charge >= 0.3 is 0 Å². The van der Waals surface area contributed by atoms with Gasteiger partial charge in [-0.2, -0.15) is 5.10 Å². The third kappa shape index (κ3) is 5.43. The summed E-state index contributed by atoms with van der Waals surface area (Å²) in [5.41, 5.74) is 3.65. The molecule has 1 N–H and O–H groups in total. The highest BCUT2D eigenvalue weighted by molar-refractivity contribution is 9.11. The summed E-state index contributed by atoms with van der Waals surface area (Å²) >= 11 is 6.76. The first-order chi connectivity index (χ1) is 10.0. The molecule has 0 saturated heterocycles. The first-order valence-corrected chi connectivity index (χ1v) is 8.55. The lowest BCUT2D eigenvalue weighted by atomic mass is 9.89. The fourth-order valence-corrected chi connectivity index (χ4v) is 3.43. The molecule has 0 aromatic heterocycles. The van der Waals surface area contributed by atoms with Gasteiger partial charge in [0.25, 0.3) is 5.91 Å². The molecule has 0 heterocycles. The number of hydrogen-bond donors (Lipinski definition) is 1. The maximum atomic E-state index is 11.8. The molecule has 0 bridgehead atoms. The molecule has 1 saturated carbocycles. The third-order valence-electron chi connectivity index (χ3n) is 3.34. The molecule has 1 amide bonds. The highest BCUT2D eigenvalue weighted by Crippen LogP contribution is 2.28. The molecular formula is C15H18Br2N2O2. The van der Waals surface area contributed by atoms with E-state index in [-0.39, 0.29) is 12.5 Å². The number of hydrogen-bond acceptors (Lipinski definition) is 3. The van der Waals surface area contributed by atoms with Crippen molar-refractivity contribution in [1.29, 1.82) is 0 Å². The molecule has 2 rings (SSSR count). The summed E-state index contributed by atoms with van der Waals surface area (Å²) in [5, 5.41) is 4.20. The van der Waals surface area contributed by atoms with Gasteiger partial charge in [-0.25, -0.2) is 5.43 Å². The first kappa shape index (κ1) is 16.5. The Morgan fingerprint density at radius 3 is 3.00 bits per heavy atom. The summed E-state index contributed by atoms with van der Waals surface area (Å²) in [5.74, 6) is 1.05. The second-order valence-corrected chi connectivity index (χ2v) is 7.05. The normalized spacial score (nSPS) is 20.3. The number of hydrazone groups is 1. The van der Waals surface area contributed by atoms with E-state index in [1.165, 1.54) is 6.42 Å². The number of ether oxygens (including phenoxy) is 1. The molecular weight excluding hydrogens is 400 g/mol. The van der Waals surface area contributed by atoms with Gasteiger partial charge in [-0.1, -0.05) is 22.9 Å². The largest absolute Gasteiger partial charge is 0.483 e.